The molecule has 1 aliphatic carbocycles. The molecular weight excluding hydrogens is 330 g/mol. The maximum Gasteiger partial charge on any atom is 0.254 e. The van der Waals surface area contributed by atoms with Crippen LogP contribution in [0.4, 0.5) is 0 Å². The SMILES string of the molecule is CC(C)COc1cc(OCC(C)C)c2c(c1)[C@@H](N1C(=O)C=CC1=O)CC2. The molecule has 26 heavy (non-hydrogen) atoms. The second-order valence-electron chi connectivity index (χ2n) is 7.83. The van der Waals surface area contributed by atoms with E-state index in [4.69, 9.17) is 9.47 Å². The third-order valence-corrected chi connectivity index (χ3v) is 4.55. The van der Waals surface area contributed by atoms with E-state index < -0.39 is 0 Å². The summed E-state index contributed by atoms with van der Waals surface area (Å²) < 4.78 is 12.0. The number of hydrogen-bond acceptors (Lipinski definition) is 4. The summed E-state index contributed by atoms with van der Waals surface area (Å²) in [6.45, 7) is 9.63. The zero-order chi connectivity index (χ0) is 18.8. The Bertz CT molecular complexity index is 718. The van der Waals surface area contributed by atoms with E-state index in [1.54, 1.807) is 0 Å². The van der Waals surface area contributed by atoms with Crippen LogP contribution in [0, 0.1) is 11.8 Å². The molecule has 1 aromatic rings. The Balaban J connectivity index is 1.94. The molecule has 0 spiro atoms. The lowest BCUT2D eigenvalue weighted by Crippen LogP contribution is -2.33. The monoisotopic (exact) mass is 357 g/mol. The van der Waals surface area contributed by atoms with E-state index in [0.29, 0.717) is 25.0 Å². The second kappa shape index (κ2) is 7.52. The van der Waals surface area contributed by atoms with Crippen molar-refractivity contribution in [2.75, 3.05) is 13.2 Å². The summed E-state index contributed by atoms with van der Waals surface area (Å²) in [5.41, 5.74) is 2.05. The van der Waals surface area contributed by atoms with Crippen LogP contribution in [-0.4, -0.2) is 29.9 Å². The zero-order valence-corrected chi connectivity index (χ0v) is 16.0. The second-order valence-corrected chi connectivity index (χ2v) is 7.83. The zero-order valence-electron chi connectivity index (χ0n) is 16.0. The minimum atomic E-state index is -0.246. The van der Waals surface area contributed by atoms with Gasteiger partial charge < -0.3 is 9.47 Å². The molecule has 0 bridgehead atoms. The van der Waals surface area contributed by atoms with Crippen LogP contribution < -0.4 is 9.47 Å². The first-order chi connectivity index (χ1) is 12.4. The molecule has 5 heteroatoms. The molecule has 0 N–H and O–H groups in total. The highest BCUT2D eigenvalue weighted by molar-refractivity contribution is 6.13. The van der Waals surface area contributed by atoms with Gasteiger partial charge in [0, 0.05) is 18.2 Å². The molecular formula is C21H27NO4. The Labute approximate surface area is 155 Å². The van der Waals surface area contributed by atoms with Gasteiger partial charge in [0.15, 0.2) is 0 Å². The largest absolute Gasteiger partial charge is 0.493 e. The average Bonchev–Trinajstić information content (AvgIpc) is 3.13. The molecule has 1 heterocycles. The van der Waals surface area contributed by atoms with Gasteiger partial charge in [0.05, 0.1) is 19.3 Å². The van der Waals surface area contributed by atoms with Gasteiger partial charge in [-0.3, -0.25) is 14.5 Å². The molecule has 3 rings (SSSR count). The molecule has 1 aliphatic heterocycles. The van der Waals surface area contributed by atoms with Crippen molar-refractivity contribution in [3.8, 4) is 11.5 Å². The Morgan fingerprint density at radius 1 is 1.00 bits per heavy atom. The highest BCUT2D eigenvalue weighted by Crippen LogP contribution is 2.44. The molecule has 2 aliphatic rings. The van der Waals surface area contributed by atoms with Crippen molar-refractivity contribution in [3.05, 3.63) is 35.4 Å². The number of rotatable bonds is 7. The molecule has 1 aromatic carbocycles. The van der Waals surface area contributed by atoms with E-state index in [0.717, 1.165) is 35.5 Å². The van der Waals surface area contributed by atoms with Crippen molar-refractivity contribution >= 4 is 11.8 Å². The van der Waals surface area contributed by atoms with Crippen LogP contribution in [0.1, 0.15) is 51.3 Å². The lowest BCUT2D eigenvalue weighted by Gasteiger charge is -2.24. The van der Waals surface area contributed by atoms with Crippen LogP contribution in [0.25, 0.3) is 0 Å². The van der Waals surface area contributed by atoms with E-state index in [9.17, 15) is 9.59 Å². The number of carbonyl (C=O) groups is 2. The van der Waals surface area contributed by atoms with Gasteiger partial charge in [-0.15, -0.1) is 0 Å². The minimum absolute atomic E-state index is 0.244. The van der Waals surface area contributed by atoms with Crippen molar-refractivity contribution < 1.29 is 19.1 Å². The highest BCUT2D eigenvalue weighted by atomic mass is 16.5. The Morgan fingerprint density at radius 3 is 2.23 bits per heavy atom. The highest BCUT2D eigenvalue weighted by Gasteiger charge is 2.37. The van der Waals surface area contributed by atoms with E-state index in [1.165, 1.54) is 17.1 Å². The molecule has 140 valence electrons. The Hall–Kier alpha value is -2.30. The average molecular weight is 357 g/mol. The van der Waals surface area contributed by atoms with E-state index in [1.807, 2.05) is 12.1 Å². The van der Waals surface area contributed by atoms with E-state index >= 15 is 0 Å². The quantitative estimate of drug-likeness (QED) is 0.699. The molecule has 2 amide bonds. The van der Waals surface area contributed by atoms with Crippen molar-refractivity contribution in [1.29, 1.82) is 0 Å². The van der Waals surface area contributed by atoms with Crippen LogP contribution in [-0.2, 0) is 16.0 Å². The molecule has 0 aromatic heterocycles. The van der Waals surface area contributed by atoms with Crippen LogP contribution in [0.3, 0.4) is 0 Å². The molecule has 0 radical (unpaired) electrons. The number of amides is 2. The van der Waals surface area contributed by atoms with Gasteiger partial charge in [0.1, 0.15) is 11.5 Å². The summed E-state index contributed by atoms with van der Waals surface area (Å²) in [5, 5.41) is 0. The summed E-state index contributed by atoms with van der Waals surface area (Å²) in [4.78, 5) is 25.6. The Morgan fingerprint density at radius 2 is 1.62 bits per heavy atom. The van der Waals surface area contributed by atoms with Crippen molar-refractivity contribution in [2.45, 2.75) is 46.6 Å². The number of hydrogen-bond donors (Lipinski definition) is 0. The van der Waals surface area contributed by atoms with Crippen molar-refractivity contribution in [2.24, 2.45) is 11.8 Å². The van der Waals surface area contributed by atoms with Gasteiger partial charge in [0.25, 0.3) is 11.8 Å². The van der Waals surface area contributed by atoms with Gasteiger partial charge in [-0.25, -0.2) is 0 Å². The summed E-state index contributed by atoms with van der Waals surface area (Å²) in [6.07, 6.45) is 4.19. The van der Waals surface area contributed by atoms with Gasteiger partial charge in [-0.05, 0) is 41.9 Å². The van der Waals surface area contributed by atoms with E-state index in [2.05, 4.69) is 27.7 Å². The number of fused-ring (bicyclic) bond motifs is 1. The summed E-state index contributed by atoms with van der Waals surface area (Å²) >= 11 is 0. The van der Waals surface area contributed by atoms with Gasteiger partial charge in [0.2, 0.25) is 0 Å². The first-order valence-electron chi connectivity index (χ1n) is 9.34. The predicted molar refractivity (Wildman–Crippen MR) is 99.2 cm³/mol. The Kier molecular flexibility index (Phi) is 5.35. The summed E-state index contributed by atoms with van der Waals surface area (Å²) in [5.74, 6) is 1.87. The lowest BCUT2D eigenvalue weighted by atomic mass is 10.1. The predicted octanol–water partition coefficient (Wildman–Crippen LogP) is 3.67. The maximum atomic E-state index is 12.1. The number of nitrogens with zero attached hydrogens (tertiary/aromatic N) is 1. The molecule has 0 saturated heterocycles. The third kappa shape index (κ3) is 3.76. The number of ether oxygens (including phenoxy) is 2. The maximum absolute atomic E-state index is 12.1. The van der Waals surface area contributed by atoms with Gasteiger partial charge in [-0.2, -0.15) is 0 Å². The topological polar surface area (TPSA) is 55.8 Å². The standard InChI is InChI=1S/C21H27NO4/c1-13(2)11-25-15-9-17-16(19(10-15)26-12-14(3)4)5-6-18(17)22-20(23)7-8-21(22)24/h7-10,13-14,18H,5-6,11-12H2,1-4H3/t18-/m0/s1. The lowest BCUT2D eigenvalue weighted by molar-refractivity contribution is -0.139. The fourth-order valence-corrected chi connectivity index (χ4v) is 3.36. The molecule has 0 saturated carbocycles. The van der Waals surface area contributed by atoms with Gasteiger partial charge >= 0.3 is 0 Å². The summed E-state index contributed by atoms with van der Waals surface area (Å²) in [6, 6.07) is 3.66. The van der Waals surface area contributed by atoms with Crippen LogP contribution in [0.15, 0.2) is 24.3 Å². The molecule has 0 fully saturated rings. The van der Waals surface area contributed by atoms with Crippen LogP contribution in [0.2, 0.25) is 0 Å². The molecule has 5 nitrogen and oxygen atoms in total. The van der Waals surface area contributed by atoms with Crippen molar-refractivity contribution in [1.82, 2.24) is 4.90 Å². The van der Waals surface area contributed by atoms with Crippen LogP contribution in [0.5, 0.6) is 11.5 Å². The third-order valence-electron chi connectivity index (χ3n) is 4.55. The fourth-order valence-electron chi connectivity index (χ4n) is 3.36. The minimum Gasteiger partial charge on any atom is -0.493 e. The van der Waals surface area contributed by atoms with Gasteiger partial charge in [-0.1, -0.05) is 27.7 Å². The van der Waals surface area contributed by atoms with E-state index in [-0.39, 0.29) is 17.9 Å². The smallest absolute Gasteiger partial charge is 0.254 e. The number of benzene rings is 1. The fraction of sp³-hybridized carbons (Fsp3) is 0.524. The number of carbonyl (C=O) groups excluding carboxylic acids is 2. The molecule has 1 atom stereocenters. The number of imide groups is 1. The van der Waals surface area contributed by atoms with Crippen molar-refractivity contribution in [3.63, 3.8) is 0 Å². The summed E-state index contributed by atoms with van der Waals surface area (Å²) in [7, 11) is 0. The first-order valence-corrected chi connectivity index (χ1v) is 9.34. The van der Waals surface area contributed by atoms with Crippen LogP contribution >= 0.6 is 0 Å². The molecule has 0 unspecified atom stereocenters. The normalized spacial score (nSPS) is 19.0. The first kappa shape index (κ1) is 18.5.